The Morgan fingerprint density at radius 2 is 1.97 bits per heavy atom. The number of nitrogens with one attached hydrogen (secondary N) is 1. The molecule has 1 saturated carbocycles. The molecule has 1 N–H and O–H groups in total. The number of likely N-dealkylation sites (tertiary alicyclic amines) is 1. The standard InChI is InChI=1S/C22H23Cl2N3O4/c23-15-4-5-17(14-2-1-3-16(28)19(14)15)31-13-8-22(9-13)11-27(12-22)6-7-30-18-10-25-26-21(29)20(18)24/h4-5,10,13H,1-3,6-9,11-12H2,(H,26,29). The predicted octanol–water partition coefficient (Wildman–Crippen LogP) is 3.52. The number of H-pyrrole nitrogens is 1. The Labute approximate surface area is 189 Å². The topological polar surface area (TPSA) is 84.5 Å². The lowest BCUT2D eigenvalue weighted by Gasteiger charge is -2.58. The maximum atomic E-state index is 12.3. The summed E-state index contributed by atoms with van der Waals surface area (Å²) in [6, 6.07) is 3.69. The first kappa shape index (κ1) is 20.8. The number of carbonyl (C=O) groups excluding carboxylic acids is 1. The number of hydrogen-bond acceptors (Lipinski definition) is 6. The summed E-state index contributed by atoms with van der Waals surface area (Å²) in [5.41, 5.74) is 1.50. The van der Waals surface area contributed by atoms with Gasteiger partial charge in [0.15, 0.2) is 16.6 Å². The van der Waals surface area contributed by atoms with E-state index >= 15 is 0 Å². The van der Waals surface area contributed by atoms with E-state index in [9.17, 15) is 9.59 Å². The molecule has 2 fully saturated rings. The molecule has 1 aromatic heterocycles. The maximum absolute atomic E-state index is 12.3. The minimum Gasteiger partial charge on any atom is -0.490 e. The van der Waals surface area contributed by atoms with Crippen molar-refractivity contribution < 1.29 is 14.3 Å². The first-order valence-corrected chi connectivity index (χ1v) is 11.3. The zero-order valence-corrected chi connectivity index (χ0v) is 18.5. The van der Waals surface area contributed by atoms with Gasteiger partial charge in [0.25, 0.3) is 5.56 Å². The molecule has 0 amide bonds. The van der Waals surface area contributed by atoms with Crippen LogP contribution < -0.4 is 15.0 Å². The lowest BCUT2D eigenvalue weighted by Crippen LogP contribution is -2.65. The largest absolute Gasteiger partial charge is 0.490 e. The number of halogens is 2. The Bertz CT molecular complexity index is 1070. The van der Waals surface area contributed by atoms with E-state index in [-0.39, 0.29) is 16.9 Å². The molecule has 0 atom stereocenters. The number of Topliss-reactive ketones (excluding diaryl/α,β-unsaturated/α-hetero) is 1. The van der Waals surface area contributed by atoms with Gasteiger partial charge in [-0.05, 0) is 37.8 Å². The first-order chi connectivity index (χ1) is 14.9. The van der Waals surface area contributed by atoms with E-state index in [4.69, 9.17) is 32.7 Å². The number of ketones is 1. The van der Waals surface area contributed by atoms with Crippen LogP contribution in [0.1, 0.15) is 41.6 Å². The van der Waals surface area contributed by atoms with Crippen molar-refractivity contribution in [3.8, 4) is 11.5 Å². The van der Waals surface area contributed by atoms with Gasteiger partial charge in [0.1, 0.15) is 12.4 Å². The molecule has 1 spiro atoms. The summed E-state index contributed by atoms with van der Waals surface area (Å²) in [5, 5.41) is 6.53. The van der Waals surface area contributed by atoms with Crippen LogP contribution in [0.4, 0.5) is 0 Å². The summed E-state index contributed by atoms with van der Waals surface area (Å²) in [4.78, 5) is 26.0. The molecule has 31 heavy (non-hydrogen) atoms. The van der Waals surface area contributed by atoms with Gasteiger partial charge in [-0.2, -0.15) is 5.10 Å². The van der Waals surface area contributed by atoms with Crippen LogP contribution in [-0.4, -0.2) is 53.2 Å². The van der Waals surface area contributed by atoms with E-state index in [1.807, 2.05) is 6.07 Å². The SMILES string of the molecule is O=C1CCCc2c(OC3CC4(C3)CN(CCOc3cn[nH]c(=O)c3Cl)C4)ccc(Cl)c21. The van der Waals surface area contributed by atoms with Crippen molar-refractivity contribution in [3.05, 3.63) is 49.9 Å². The van der Waals surface area contributed by atoms with Gasteiger partial charge in [-0.15, -0.1) is 0 Å². The maximum Gasteiger partial charge on any atom is 0.286 e. The first-order valence-electron chi connectivity index (χ1n) is 10.5. The van der Waals surface area contributed by atoms with Crippen molar-refractivity contribution in [2.24, 2.45) is 5.41 Å². The molecule has 5 rings (SSSR count). The highest BCUT2D eigenvalue weighted by Crippen LogP contribution is 2.50. The van der Waals surface area contributed by atoms with Crippen molar-refractivity contribution in [1.29, 1.82) is 0 Å². The number of aromatic nitrogens is 2. The number of carbonyl (C=O) groups is 1. The van der Waals surface area contributed by atoms with Crippen LogP contribution in [0.15, 0.2) is 23.1 Å². The van der Waals surface area contributed by atoms with E-state index in [1.54, 1.807) is 6.07 Å². The summed E-state index contributed by atoms with van der Waals surface area (Å²) in [6.45, 7) is 3.23. The number of aromatic amines is 1. The molecule has 3 aliphatic rings. The Kier molecular flexibility index (Phi) is 5.44. The van der Waals surface area contributed by atoms with Gasteiger partial charge >= 0.3 is 0 Å². The Morgan fingerprint density at radius 1 is 1.16 bits per heavy atom. The summed E-state index contributed by atoms with van der Waals surface area (Å²) in [5.74, 6) is 1.25. The Hall–Kier alpha value is -2.09. The molecule has 0 unspecified atom stereocenters. The number of nitrogens with zero attached hydrogens (tertiary/aromatic N) is 2. The van der Waals surface area contributed by atoms with Gasteiger partial charge in [0, 0.05) is 42.6 Å². The van der Waals surface area contributed by atoms with Crippen molar-refractivity contribution in [1.82, 2.24) is 15.1 Å². The quantitative estimate of drug-likeness (QED) is 0.705. The van der Waals surface area contributed by atoms with E-state index in [2.05, 4.69) is 15.1 Å². The molecule has 7 nitrogen and oxygen atoms in total. The molecule has 9 heteroatoms. The zero-order chi connectivity index (χ0) is 21.6. The monoisotopic (exact) mass is 463 g/mol. The van der Waals surface area contributed by atoms with Crippen molar-refractivity contribution >= 4 is 29.0 Å². The Balaban J connectivity index is 1.10. The van der Waals surface area contributed by atoms with Gasteiger partial charge in [-0.25, -0.2) is 5.10 Å². The predicted molar refractivity (Wildman–Crippen MR) is 117 cm³/mol. The number of fused-ring (bicyclic) bond motifs is 1. The highest BCUT2D eigenvalue weighted by molar-refractivity contribution is 6.34. The van der Waals surface area contributed by atoms with Crippen molar-refractivity contribution in [2.75, 3.05) is 26.2 Å². The summed E-state index contributed by atoms with van der Waals surface area (Å²) >= 11 is 12.2. The molecular formula is C22H23Cl2N3O4. The highest BCUT2D eigenvalue weighted by atomic mass is 35.5. The van der Waals surface area contributed by atoms with Crippen LogP contribution in [0.25, 0.3) is 0 Å². The molecule has 2 heterocycles. The minimum atomic E-state index is -0.450. The average molecular weight is 464 g/mol. The molecular weight excluding hydrogens is 441 g/mol. The van der Waals surface area contributed by atoms with E-state index in [0.29, 0.717) is 34.8 Å². The second kappa shape index (κ2) is 8.11. The zero-order valence-electron chi connectivity index (χ0n) is 17.0. The molecule has 2 aliphatic carbocycles. The minimum absolute atomic E-state index is 0.0279. The van der Waals surface area contributed by atoms with Crippen LogP contribution in [-0.2, 0) is 6.42 Å². The lowest BCUT2D eigenvalue weighted by atomic mass is 9.62. The normalized spacial score (nSPS) is 20.1. The van der Waals surface area contributed by atoms with Gasteiger partial charge in [0.05, 0.1) is 17.3 Å². The fraction of sp³-hybridized carbons (Fsp3) is 0.500. The van der Waals surface area contributed by atoms with E-state index in [1.165, 1.54) is 6.20 Å². The third-order valence-electron chi connectivity index (χ3n) is 6.49. The average Bonchev–Trinajstić information content (AvgIpc) is 2.69. The number of hydrogen-bond donors (Lipinski definition) is 1. The van der Waals surface area contributed by atoms with Gasteiger partial charge in [-0.3, -0.25) is 14.5 Å². The molecule has 2 aromatic rings. The molecule has 0 bridgehead atoms. The Morgan fingerprint density at radius 3 is 2.77 bits per heavy atom. The molecule has 0 radical (unpaired) electrons. The lowest BCUT2D eigenvalue weighted by molar-refractivity contribution is -0.121. The molecule has 1 saturated heterocycles. The third-order valence-corrected chi connectivity index (χ3v) is 7.16. The smallest absolute Gasteiger partial charge is 0.286 e. The van der Waals surface area contributed by atoms with Crippen LogP contribution in [0.2, 0.25) is 10.0 Å². The van der Waals surface area contributed by atoms with E-state index < -0.39 is 5.56 Å². The molecule has 1 aliphatic heterocycles. The van der Waals surface area contributed by atoms with Crippen LogP contribution in [0.5, 0.6) is 11.5 Å². The van der Waals surface area contributed by atoms with Crippen LogP contribution >= 0.6 is 23.2 Å². The third kappa shape index (κ3) is 3.95. The van der Waals surface area contributed by atoms with Crippen molar-refractivity contribution in [3.63, 3.8) is 0 Å². The van der Waals surface area contributed by atoms with Crippen LogP contribution in [0.3, 0.4) is 0 Å². The summed E-state index contributed by atoms with van der Waals surface area (Å²) in [6.07, 6.45) is 5.88. The second-order valence-corrected chi connectivity index (χ2v) is 9.55. The fourth-order valence-electron chi connectivity index (χ4n) is 5.05. The number of benzene rings is 1. The highest BCUT2D eigenvalue weighted by Gasteiger charge is 2.53. The number of ether oxygens (including phenoxy) is 2. The fourth-order valence-corrected chi connectivity index (χ4v) is 5.48. The summed E-state index contributed by atoms with van der Waals surface area (Å²) in [7, 11) is 0. The van der Waals surface area contributed by atoms with E-state index in [0.717, 1.165) is 56.6 Å². The van der Waals surface area contributed by atoms with Crippen molar-refractivity contribution in [2.45, 2.75) is 38.2 Å². The number of rotatable bonds is 6. The second-order valence-electron chi connectivity index (χ2n) is 8.76. The molecule has 1 aromatic carbocycles. The molecule has 164 valence electrons. The summed E-state index contributed by atoms with van der Waals surface area (Å²) < 4.78 is 11.9. The van der Waals surface area contributed by atoms with Gasteiger partial charge < -0.3 is 9.47 Å². The van der Waals surface area contributed by atoms with Gasteiger partial charge in [-0.1, -0.05) is 23.2 Å². The van der Waals surface area contributed by atoms with Crippen LogP contribution in [0, 0.1) is 5.41 Å². The van der Waals surface area contributed by atoms with Gasteiger partial charge in [0.2, 0.25) is 0 Å².